The topological polar surface area (TPSA) is 16.3 Å². The number of rotatable bonds is 6. The van der Waals surface area contributed by atoms with E-state index in [0.29, 0.717) is 0 Å². The Morgan fingerprint density at radius 3 is 0.945 bits per heavy atom. The average molecular weight is 1670 g/mol. The van der Waals surface area contributed by atoms with Crippen molar-refractivity contribution in [2.75, 3.05) is 9.80 Å². The summed E-state index contributed by atoms with van der Waals surface area (Å²) in [6, 6.07) is 138. The number of aromatic nitrogens is 2. The summed E-state index contributed by atoms with van der Waals surface area (Å²) in [6.45, 7) is 35.6. The molecule has 128 heavy (non-hydrogen) atoms. The summed E-state index contributed by atoms with van der Waals surface area (Å²) < 4.78 is 7.68. The first-order chi connectivity index (χ1) is 61.6. The molecule has 20 aromatic rings. The molecular weight excluding hydrogens is 1560 g/mol. The number of para-hydroxylation sites is 2. The van der Waals surface area contributed by atoms with Crippen LogP contribution in [0.25, 0.3) is 164 Å². The van der Waals surface area contributed by atoms with Crippen molar-refractivity contribution in [1.29, 1.82) is 0 Å². The minimum atomic E-state index is -0.411. The Balaban J connectivity index is 0.934. The van der Waals surface area contributed by atoms with Gasteiger partial charge in [0.25, 0.3) is 6.71 Å². The molecule has 0 N–H and O–H groups in total. The van der Waals surface area contributed by atoms with E-state index >= 15 is 0 Å². The van der Waals surface area contributed by atoms with Gasteiger partial charge in [-0.2, -0.15) is 0 Å². The van der Waals surface area contributed by atoms with Gasteiger partial charge in [-0.1, -0.05) is 334 Å². The number of nitrogens with zero attached hydrogens (tertiary/aromatic N) is 4. The molecule has 23 rings (SSSR count). The van der Waals surface area contributed by atoms with Crippen LogP contribution in [0.2, 0.25) is 0 Å². The predicted octanol–water partition coefficient (Wildman–Crippen LogP) is 32.5. The zero-order chi connectivity index (χ0) is 87.5. The lowest BCUT2D eigenvalue weighted by molar-refractivity contribution is 0.589. The molecule has 0 unspecified atom stereocenters. The summed E-state index contributed by atoms with van der Waals surface area (Å²) >= 11 is 1.89. The third-order valence-electron chi connectivity index (χ3n) is 27.9. The molecule has 0 spiro atoms. The molecule has 3 aliphatic heterocycles. The number of benzene rings is 17. The highest BCUT2D eigenvalue weighted by molar-refractivity contribution is 7.25. The van der Waals surface area contributed by atoms with Crippen LogP contribution in [0.1, 0.15) is 132 Å². The Morgan fingerprint density at radius 1 is 0.219 bits per heavy atom. The number of thiophene rings is 1. The zero-order valence-electron chi connectivity index (χ0n) is 75.8. The highest BCUT2D eigenvalue weighted by atomic mass is 32.1. The molecule has 0 radical (unpaired) electrons. The van der Waals surface area contributed by atoms with Crippen LogP contribution >= 0.6 is 11.3 Å². The van der Waals surface area contributed by atoms with Crippen LogP contribution in [-0.4, -0.2) is 15.8 Å². The van der Waals surface area contributed by atoms with Crippen LogP contribution in [0.3, 0.4) is 0 Å². The highest BCUT2D eigenvalue weighted by Crippen LogP contribution is 2.58. The van der Waals surface area contributed by atoms with Crippen LogP contribution in [0.4, 0.5) is 34.1 Å². The van der Waals surface area contributed by atoms with Crippen molar-refractivity contribution in [1.82, 2.24) is 9.13 Å². The fourth-order valence-corrected chi connectivity index (χ4v) is 22.2. The maximum atomic E-state index is 2.81. The first-order valence-electron chi connectivity index (χ1n) is 45.6. The Morgan fingerprint density at radius 2 is 0.547 bits per heavy atom. The van der Waals surface area contributed by atoms with Crippen molar-refractivity contribution in [2.45, 2.75) is 131 Å². The summed E-state index contributed by atoms with van der Waals surface area (Å²) in [4.78, 5) is 5.62. The van der Waals surface area contributed by atoms with E-state index in [4.69, 9.17) is 0 Å². The summed E-state index contributed by atoms with van der Waals surface area (Å²) in [5.41, 5.74) is 40.9. The number of anilines is 6. The van der Waals surface area contributed by atoms with Crippen LogP contribution in [0, 0.1) is 0 Å². The maximum absolute atomic E-state index is 2.81. The lowest BCUT2D eigenvalue weighted by Gasteiger charge is -2.47. The lowest BCUT2D eigenvalue weighted by Crippen LogP contribution is -2.61. The number of hydrogen-bond acceptors (Lipinski definition) is 3. The van der Waals surface area contributed by atoms with Crippen molar-refractivity contribution < 1.29 is 0 Å². The Kier molecular flexibility index (Phi) is 17.8. The van der Waals surface area contributed by atoms with Gasteiger partial charge in [0.1, 0.15) is 0 Å². The number of hydrogen-bond donors (Lipinski definition) is 0. The molecule has 0 fully saturated rings. The van der Waals surface area contributed by atoms with E-state index in [1.807, 2.05) is 11.3 Å². The molecule has 0 atom stereocenters. The molecule has 0 saturated carbocycles. The molecule has 17 aromatic carbocycles. The average Bonchev–Trinajstić information content (AvgIpc) is 0.783. The molecule has 4 nitrogen and oxygen atoms in total. The van der Waals surface area contributed by atoms with Gasteiger partial charge in [-0.25, -0.2) is 0 Å². The quantitative estimate of drug-likeness (QED) is 0.154. The molecule has 0 amide bonds. The molecule has 13 bridgehead atoms. The third-order valence-corrected chi connectivity index (χ3v) is 29.1. The van der Waals surface area contributed by atoms with Gasteiger partial charge in [-0.3, -0.25) is 0 Å². The lowest BCUT2D eigenvalue weighted by atomic mass is 9.33. The Hall–Kier alpha value is -13.8. The largest absolute Gasteiger partial charge is 0.310 e. The van der Waals surface area contributed by atoms with E-state index in [0.717, 1.165) is 101 Å². The van der Waals surface area contributed by atoms with Gasteiger partial charge >= 0.3 is 0 Å². The normalized spacial score (nSPS) is 13.2. The van der Waals surface area contributed by atoms with Gasteiger partial charge in [-0.05, 0) is 259 Å². The second-order valence-corrected chi connectivity index (χ2v) is 42.4. The van der Waals surface area contributed by atoms with Gasteiger partial charge in [0.15, 0.2) is 0 Å². The first kappa shape index (κ1) is 78.9. The second kappa shape index (κ2) is 28.9. The van der Waals surface area contributed by atoms with E-state index in [1.54, 1.807) is 0 Å². The van der Waals surface area contributed by atoms with E-state index in [2.05, 4.69) is 475 Å². The summed E-state index contributed by atoms with van der Waals surface area (Å²) in [5, 5.41) is 7.41. The number of fused-ring (bicyclic) bond motifs is 26. The fourth-order valence-electron chi connectivity index (χ4n) is 21.1. The minimum absolute atomic E-state index is 0.172. The zero-order valence-corrected chi connectivity index (χ0v) is 76.6. The highest BCUT2D eigenvalue weighted by Gasteiger charge is 2.47. The SMILES string of the molecule is CC(C)(C)c1cccc(-c2cc(C(C)(C)C)cc3c2N2c4cc(-n5c6ccccc6c6c(-c7ccccc7)cccc65)ccc4B4c5ccc(-n6c7ccccc7c7c(-c8ccccc8)cccc76)cc5N(c5cc(C(C)(C)C)cc2c54)c2c(cc(C(C)(C)C)cc2-c2cccc(C(C)(C)C)c2)-c2cccc(c2)-c2ccc4sc5ccc(cc5c4c2)-c2cccc-3c2)c1. The molecular formula is C122H103BN4S. The molecule has 6 heteroatoms. The molecule has 620 valence electrons. The molecule has 0 saturated heterocycles. The van der Waals surface area contributed by atoms with Gasteiger partial charge in [-0.15, -0.1) is 11.3 Å². The van der Waals surface area contributed by atoms with E-state index in [-0.39, 0.29) is 28.4 Å². The first-order valence-corrected chi connectivity index (χ1v) is 46.4. The monoisotopic (exact) mass is 1670 g/mol. The minimum Gasteiger partial charge on any atom is -0.310 e. The van der Waals surface area contributed by atoms with E-state index < -0.39 is 5.41 Å². The summed E-state index contributed by atoms with van der Waals surface area (Å²) in [6.07, 6.45) is 0. The van der Waals surface area contributed by atoms with Crippen molar-refractivity contribution in [3.63, 3.8) is 0 Å². The van der Waals surface area contributed by atoms with Gasteiger partial charge in [0.05, 0.1) is 33.4 Å². The molecule has 3 aromatic heterocycles. The van der Waals surface area contributed by atoms with Crippen molar-refractivity contribution in [3.8, 4) is 100 Å². The smallest absolute Gasteiger partial charge is 0.252 e. The molecule has 6 heterocycles. The summed E-state index contributed by atoms with van der Waals surface area (Å²) in [5.74, 6) is 0. The van der Waals surface area contributed by atoms with Gasteiger partial charge in [0.2, 0.25) is 0 Å². The molecule has 3 aliphatic rings. The van der Waals surface area contributed by atoms with Crippen LogP contribution in [0.5, 0.6) is 0 Å². The summed E-state index contributed by atoms with van der Waals surface area (Å²) in [7, 11) is 0. The predicted molar refractivity (Wildman–Crippen MR) is 553 cm³/mol. The fraction of sp³-hybridized carbons (Fsp3) is 0.164. The van der Waals surface area contributed by atoms with E-state index in [9.17, 15) is 0 Å². The van der Waals surface area contributed by atoms with Crippen LogP contribution < -0.4 is 26.2 Å². The second-order valence-electron chi connectivity index (χ2n) is 41.3. The van der Waals surface area contributed by atoms with Crippen LogP contribution in [-0.2, 0) is 27.1 Å². The van der Waals surface area contributed by atoms with Crippen molar-refractivity contribution in [2.24, 2.45) is 0 Å². The van der Waals surface area contributed by atoms with Crippen LogP contribution in [0.15, 0.2) is 352 Å². The van der Waals surface area contributed by atoms with Gasteiger partial charge < -0.3 is 18.9 Å². The van der Waals surface area contributed by atoms with Crippen molar-refractivity contribution >= 4 is 132 Å². The maximum Gasteiger partial charge on any atom is 0.252 e. The standard InChI is InChI=1S/C122H103BN4S/c1-118(2,3)84-42-28-40-82(62-84)97-68-86(120(7,8)9)66-95-80-38-26-36-76(60-80)78-52-58-111-99(64-78)100-65-79(53-59-112(100)128-111)77-37-27-39-81(61-77)96-67-87(121(10,11)12)69-98(83-41-29-43-85(63-83)119(4,5)6)117(96)127-108-73-90(125-104-49-25-23-45-94(104)114-92(47-31-51-106(114)125)75-34-20-17-21-35-75)55-57-102(108)123-101-56-54-89(72-107(101)126(116(95)97)109-70-88(122(13,14)15)71-110(127)115(109)123)124-103-48-24-22-44-93(103)113-91(46-30-50-105(113)124)74-32-18-16-19-33-74/h16-73H,1-15H3. The Labute approximate surface area is 756 Å². The third kappa shape index (κ3) is 12.7. The van der Waals surface area contributed by atoms with Gasteiger partial charge in [0, 0.05) is 98.1 Å². The van der Waals surface area contributed by atoms with Crippen molar-refractivity contribution in [3.05, 3.63) is 380 Å². The molecule has 0 aliphatic carbocycles. The Bertz CT molecular complexity index is 7570. The van der Waals surface area contributed by atoms with E-state index in [1.165, 1.54) is 142 Å².